The minimum atomic E-state index is -1.07. The first-order valence-electron chi connectivity index (χ1n) is 4.76. The summed E-state index contributed by atoms with van der Waals surface area (Å²) >= 11 is 0. The van der Waals surface area contributed by atoms with E-state index in [0.717, 1.165) is 0 Å². The average Bonchev–Trinajstić information content (AvgIpc) is 2.48. The van der Waals surface area contributed by atoms with Crippen LogP contribution in [0.5, 0.6) is 0 Å². The van der Waals surface area contributed by atoms with Crippen LogP contribution in [0, 0.1) is 0 Å². The minimum absolute atomic E-state index is 0.215. The second-order valence-electron chi connectivity index (χ2n) is 4.23. The highest BCUT2D eigenvalue weighted by molar-refractivity contribution is 5.65. The molecule has 0 saturated heterocycles. The summed E-state index contributed by atoms with van der Waals surface area (Å²) in [6.07, 6.45) is 0.680. The summed E-state index contributed by atoms with van der Waals surface area (Å²) in [6.45, 7) is 7.46. The number of aromatic nitrogens is 3. The number of nitrogens with one attached hydrogen (secondary N) is 1. The molecule has 0 spiro atoms. The van der Waals surface area contributed by atoms with Crippen LogP contribution in [0.2, 0.25) is 0 Å². The monoisotopic (exact) mass is 212 g/mol. The van der Waals surface area contributed by atoms with Gasteiger partial charge < -0.3 is 10.4 Å². The van der Waals surface area contributed by atoms with E-state index >= 15 is 0 Å². The van der Waals surface area contributed by atoms with Gasteiger partial charge in [0, 0.05) is 6.04 Å². The third-order valence-corrected chi connectivity index (χ3v) is 2.10. The molecule has 6 nitrogen and oxygen atoms in total. The zero-order valence-electron chi connectivity index (χ0n) is 9.35. The molecule has 0 atom stereocenters. The molecule has 0 aromatic carbocycles. The molecular weight excluding hydrogens is 196 g/mol. The average molecular weight is 212 g/mol. The van der Waals surface area contributed by atoms with E-state index in [1.807, 2.05) is 13.8 Å². The van der Waals surface area contributed by atoms with E-state index in [9.17, 15) is 4.79 Å². The SMILES string of the molecule is CC(C)n1cc(C(C)(C)NC(=O)O)nn1. The van der Waals surface area contributed by atoms with Crippen molar-refractivity contribution in [3.8, 4) is 0 Å². The molecule has 1 heterocycles. The lowest BCUT2D eigenvalue weighted by molar-refractivity contribution is 0.181. The minimum Gasteiger partial charge on any atom is -0.465 e. The third-order valence-electron chi connectivity index (χ3n) is 2.10. The normalized spacial score (nSPS) is 11.8. The molecule has 0 unspecified atom stereocenters. The van der Waals surface area contributed by atoms with Crippen molar-refractivity contribution < 1.29 is 9.90 Å². The van der Waals surface area contributed by atoms with E-state index in [-0.39, 0.29) is 6.04 Å². The first kappa shape index (κ1) is 11.5. The van der Waals surface area contributed by atoms with Crippen LogP contribution >= 0.6 is 0 Å². The van der Waals surface area contributed by atoms with Crippen LogP contribution in [0.25, 0.3) is 0 Å². The fourth-order valence-electron chi connectivity index (χ4n) is 1.15. The van der Waals surface area contributed by atoms with Crippen molar-refractivity contribution in [1.82, 2.24) is 20.3 Å². The lowest BCUT2D eigenvalue weighted by Gasteiger charge is -2.21. The highest BCUT2D eigenvalue weighted by atomic mass is 16.4. The van der Waals surface area contributed by atoms with Gasteiger partial charge in [-0.3, -0.25) is 0 Å². The Labute approximate surface area is 88.3 Å². The molecule has 1 amide bonds. The number of rotatable bonds is 3. The maximum atomic E-state index is 10.6. The van der Waals surface area contributed by atoms with Crippen LogP contribution in [-0.2, 0) is 5.54 Å². The predicted molar refractivity (Wildman–Crippen MR) is 54.6 cm³/mol. The molecule has 0 bridgehead atoms. The summed E-state index contributed by atoms with van der Waals surface area (Å²) in [5.41, 5.74) is -0.113. The van der Waals surface area contributed by atoms with Gasteiger partial charge in [0.15, 0.2) is 0 Å². The fourth-order valence-corrected chi connectivity index (χ4v) is 1.15. The van der Waals surface area contributed by atoms with Crippen LogP contribution in [0.4, 0.5) is 4.79 Å². The zero-order chi connectivity index (χ0) is 11.6. The number of nitrogens with zero attached hydrogens (tertiary/aromatic N) is 3. The zero-order valence-corrected chi connectivity index (χ0v) is 9.35. The largest absolute Gasteiger partial charge is 0.465 e. The van der Waals surface area contributed by atoms with Crippen molar-refractivity contribution in [2.75, 3.05) is 0 Å². The Morgan fingerprint density at radius 1 is 1.60 bits per heavy atom. The maximum Gasteiger partial charge on any atom is 0.405 e. The van der Waals surface area contributed by atoms with E-state index in [1.165, 1.54) is 0 Å². The molecule has 15 heavy (non-hydrogen) atoms. The van der Waals surface area contributed by atoms with Crippen LogP contribution in [0.15, 0.2) is 6.20 Å². The summed E-state index contributed by atoms with van der Waals surface area (Å²) in [5.74, 6) is 0. The second-order valence-corrected chi connectivity index (χ2v) is 4.23. The van der Waals surface area contributed by atoms with E-state index < -0.39 is 11.6 Å². The maximum absolute atomic E-state index is 10.6. The van der Waals surface area contributed by atoms with Gasteiger partial charge in [0.2, 0.25) is 0 Å². The number of hydrogen-bond acceptors (Lipinski definition) is 3. The Kier molecular flexibility index (Phi) is 2.97. The number of carbonyl (C=O) groups is 1. The van der Waals surface area contributed by atoms with Gasteiger partial charge in [-0.05, 0) is 27.7 Å². The Morgan fingerprint density at radius 3 is 2.60 bits per heavy atom. The Hall–Kier alpha value is -1.59. The van der Waals surface area contributed by atoms with Gasteiger partial charge in [0.05, 0.1) is 11.7 Å². The molecule has 6 heteroatoms. The summed E-state index contributed by atoms with van der Waals surface area (Å²) in [6, 6.07) is 0.215. The van der Waals surface area contributed by atoms with Gasteiger partial charge >= 0.3 is 6.09 Å². The van der Waals surface area contributed by atoms with Crippen LogP contribution in [-0.4, -0.2) is 26.2 Å². The van der Waals surface area contributed by atoms with Gasteiger partial charge in [-0.2, -0.15) is 0 Å². The fraction of sp³-hybridized carbons (Fsp3) is 0.667. The molecule has 0 radical (unpaired) electrons. The van der Waals surface area contributed by atoms with Crippen molar-refractivity contribution in [3.05, 3.63) is 11.9 Å². The van der Waals surface area contributed by atoms with Crippen LogP contribution < -0.4 is 5.32 Å². The Morgan fingerprint density at radius 2 is 2.20 bits per heavy atom. The van der Waals surface area contributed by atoms with Crippen molar-refractivity contribution in [3.63, 3.8) is 0 Å². The lowest BCUT2D eigenvalue weighted by Crippen LogP contribution is -2.40. The molecule has 1 aromatic heterocycles. The summed E-state index contributed by atoms with van der Waals surface area (Å²) in [4.78, 5) is 10.6. The van der Waals surface area contributed by atoms with Gasteiger partial charge in [-0.15, -0.1) is 5.10 Å². The molecule has 0 aliphatic heterocycles. The molecule has 0 saturated carbocycles. The molecule has 0 aliphatic carbocycles. The molecule has 0 fully saturated rings. The van der Waals surface area contributed by atoms with Crippen molar-refractivity contribution in [2.45, 2.75) is 39.3 Å². The second kappa shape index (κ2) is 3.88. The smallest absolute Gasteiger partial charge is 0.405 e. The van der Waals surface area contributed by atoms with Crippen LogP contribution in [0.3, 0.4) is 0 Å². The quantitative estimate of drug-likeness (QED) is 0.792. The third kappa shape index (κ3) is 2.68. The lowest BCUT2D eigenvalue weighted by atomic mass is 10.0. The number of amides is 1. The molecule has 1 rings (SSSR count). The summed E-state index contributed by atoms with van der Waals surface area (Å²) in [5, 5.41) is 18.9. The summed E-state index contributed by atoms with van der Waals surface area (Å²) < 4.78 is 1.70. The molecule has 84 valence electrons. The van der Waals surface area contributed by atoms with Crippen molar-refractivity contribution >= 4 is 6.09 Å². The Bertz CT molecular complexity index is 357. The molecular formula is C9H16N4O2. The first-order valence-corrected chi connectivity index (χ1v) is 4.76. The Balaban J connectivity index is 2.89. The molecule has 0 aliphatic rings. The summed E-state index contributed by atoms with van der Waals surface area (Å²) in [7, 11) is 0. The molecule has 2 N–H and O–H groups in total. The van der Waals surface area contributed by atoms with E-state index in [4.69, 9.17) is 5.11 Å². The predicted octanol–water partition coefficient (Wildman–Crippen LogP) is 1.36. The van der Waals surface area contributed by atoms with Gasteiger partial charge in [0.1, 0.15) is 5.69 Å². The van der Waals surface area contributed by atoms with E-state index in [1.54, 1.807) is 24.7 Å². The first-order chi connectivity index (χ1) is 6.83. The van der Waals surface area contributed by atoms with Gasteiger partial charge in [0.25, 0.3) is 0 Å². The highest BCUT2D eigenvalue weighted by Gasteiger charge is 2.26. The van der Waals surface area contributed by atoms with Crippen LogP contribution in [0.1, 0.15) is 39.4 Å². The highest BCUT2D eigenvalue weighted by Crippen LogP contribution is 2.17. The topological polar surface area (TPSA) is 80.0 Å². The van der Waals surface area contributed by atoms with Crippen molar-refractivity contribution in [1.29, 1.82) is 0 Å². The van der Waals surface area contributed by atoms with E-state index in [2.05, 4.69) is 15.6 Å². The van der Waals surface area contributed by atoms with Gasteiger partial charge in [-0.1, -0.05) is 5.21 Å². The standard InChI is InChI=1S/C9H16N4O2/c1-6(2)13-5-7(11-12-13)9(3,4)10-8(14)15/h5-6,10H,1-4H3,(H,14,15). The van der Waals surface area contributed by atoms with E-state index in [0.29, 0.717) is 5.69 Å². The van der Waals surface area contributed by atoms with Gasteiger partial charge in [-0.25, -0.2) is 9.48 Å². The molecule has 1 aromatic rings. The number of carboxylic acid groups (broad SMARTS) is 1. The number of hydrogen-bond donors (Lipinski definition) is 2. The van der Waals surface area contributed by atoms with Crippen molar-refractivity contribution in [2.24, 2.45) is 0 Å².